The maximum atomic E-state index is 12.5. The summed E-state index contributed by atoms with van der Waals surface area (Å²) in [6, 6.07) is 2.05. The topological polar surface area (TPSA) is 40.5 Å². The lowest BCUT2D eigenvalue weighted by molar-refractivity contribution is 0.0325. The number of alkyl halides is 1. The molecule has 1 rings (SSSR count). The van der Waals surface area contributed by atoms with Gasteiger partial charge in [0.05, 0.1) is 12.0 Å². The Balaban J connectivity index is 3.25. The van der Waals surface area contributed by atoms with Gasteiger partial charge in [-0.3, -0.25) is 0 Å². The quantitative estimate of drug-likeness (QED) is 0.652. The maximum absolute atomic E-state index is 12.5. The fraction of sp³-hybridized carbons (Fsp3) is 0.333. The standard InChI is InChI=1S/C9H10ClF5O2S/c10-5-8(16)9(17)6-2-1-3-7(4-6)18(11,12,13,14)15/h1-4,8-9,16-17H,5H2. The first kappa shape index (κ1) is 15.5. The highest BCUT2D eigenvalue weighted by Crippen LogP contribution is 3.02. The third-order valence-corrected chi connectivity index (χ3v) is 3.63. The van der Waals surface area contributed by atoms with Crippen molar-refractivity contribution in [1.82, 2.24) is 0 Å². The van der Waals surface area contributed by atoms with Gasteiger partial charge in [0.1, 0.15) is 11.0 Å². The molecule has 1 aromatic rings. The molecule has 2 nitrogen and oxygen atoms in total. The summed E-state index contributed by atoms with van der Waals surface area (Å²) in [4.78, 5) is -2.12. The van der Waals surface area contributed by atoms with Gasteiger partial charge in [0.15, 0.2) is 0 Å². The molecule has 0 aliphatic rings. The second kappa shape index (κ2) is 3.96. The zero-order valence-electron chi connectivity index (χ0n) is 8.74. The van der Waals surface area contributed by atoms with E-state index >= 15 is 0 Å². The molecule has 2 atom stereocenters. The van der Waals surface area contributed by atoms with Crippen molar-refractivity contribution < 1.29 is 29.6 Å². The molecule has 9 heteroatoms. The van der Waals surface area contributed by atoms with E-state index < -0.39 is 38.8 Å². The molecule has 0 aromatic heterocycles. The van der Waals surface area contributed by atoms with Gasteiger partial charge in [-0.2, -0.15) is 0 Å². The highest BCUT2D eigenvalue weighted by Gasteiger charge is 2.65. The van der Waals surface area contributed by atoms with Gasteiger partial charge in [-0.1, -0.05) is 31.6 Å². The van der Waals surface area contributed by atoms with Crippen LogP contribution in [0.25, 0.3) is 0 Å². The van der Waals surface area contributed by atoms with E-state index in [2.05, 4.69) is 0 Å². The zero-order valence-corrected chi connectivity index (χ0v) is 10.3. The molecule has 18 heavy (non-hydrogen) atoms. The number of rotatable bonds is 4. The lowest BCUT2D eigenvalue weighted by Gasteiger charge is -2.40. The summed E-state index contributed by atoms with van der Waals surface area (Å²) in [7, 11) is -9.79. The fourth-order valence-electron chi connectivity index (χ4n) is 1.25. The molecule has 0 spiro atoms. The molecular formula is C9H10ClF5O2S. The van der Waals surface area contributed by atoms with Crippen LogP contribution in [-0.2, 0) is 0 Å². The SMILES string of the molecule is OC(CCl)C(O)c1cccc(S(F)(F)(F)(F)F)c1. The van der Waals surface area contributed by atoms with E-state index in [-0.39, 0.29) is 12.1 Å². The van der Waals surface area contributed by atoms with Gasteiger partial charge in [0.25, 0.3) is 0 Å². The van der Waals surface area contributed by atoms with Crippen molar-refractivity contribution in [3.05, 3.63) is 29.8 Å². The Labute approximate surface area is 105 Å². The van der Waals surface area contributed by atoms with Crippen molar-refractivity contribution in [3.63, 3.8) is 0 Å². The van der Waals surface area contributed by atoms with Crippen LogP contribution in [0, 0.1) is 0 Å². The second-order valence-corrected chi connectivity index (χ2v) is 6.43. The molecule has 0 aliphatic heterocycles. The molecule has 0 heterocycles. The van der Waals surface area contributed by atoms with E-state index in [0.29, 0.717) is 0 Å². The first-order valence-corrected chi connectivity index (χ1v) is 7.10. The molecule has 0 aliphatic carbocycles. The van der Waals surface area contributed by atoms with Crippen LogP contribution < -0.4 is 0 Å². The van der Waals surface area contributed by atoms with Gasteiger partial charge in [-0.15, -0.1) is 11.6 Å². The summed E-state index contributed by atoms with van der Waals surface area (Å²) in [6.07, 6.45) is -3.30. The largest absolute Gasteiger partial charge is 0.389 e. The summed E-state index contributed by atoms with van der Waals surface area (Å²) in [6.45, 7) is 0. The zero-order chi connectivity index (χ0) is 14.3. The summed E-state index contributed by atoms with van der Waals surface area (Å²) in [5.41, 5.74) is -0.478. The third kappa shape index (κ3) is 3.71. The van der Waals surface area contributed by atoms with Crippen molar-refractivity contribution in [2.45, 2.75) is 17.1 Å². The fourth-order valence-corrected chi connectivity index (χ4v) is 2.11. The first-order valence-electron chi connectivity index (χ1n) is 4.61. The Hall–Kier alpha value is -0.570. The van der Waals surface area contributed by atoms with Crippen LogP contribution in [0.15, 0.2) is 29.2 Å². The highest BCUT2D eigenvalue weighted by molar-refractivity contribution is 8.45. The third-order valence-electron chi connectivity index (χ3n) is 2.17. The smallest absolute Gasteiger partial charge is 0.310 e. The molecule has 106 valence electrons. The van der Waals surface area contributed by atoms with Gasteiger partial charge in [0, 0.05) is 0 Å². The number of aliphatic hydroxyl groups excluding tert-OH is 2. The monoisotopic (exact) mass is 312 g/mol. The van der Waals surface area contributed by atoms with Crippen LogP contribution >= 0.6 is 21.8 Å². The molecular weight excluding hydrogens is 303 g/mol. The second-order valence-electron chi connectivity index (χ2n) is 3.71. The lowest BCUT2D eigenvalue weighted by Crippen LogP contribution is -2.20. The van der Waals surface area contributed by atoms with Crippen LogP contribution in [0.2, 0.25) is 0 Å². The summed E-state index contributed by atoms with van der Waals surface area (Å²) < 4.78 is 62.5. The van der Waals surface area contributed by atoms with Crippen molar-refractivity contribution in [2.24, 2.45) is 0 Å². The van der Waals surface area contributed by atoms with Gasteiger partial charge < -0.3 is 10.2 Å². The van der Waals surface area contributed by atoms with Gasteiger partial charge >= 0.3 is 10.2 Å². The van der Waals surface area contributed by atoms with Gasteiger partial charge in [-0.25, -0.2) is 0 Å². The van der Waals surface area contributed by atoms with E-state index in [1.807, 2.05) is 0 Å². The molecule has 0 amide bonds. The minimum absolute atomic E-state index is 0.113. The molecule has 0 bridgehead atoms. The van der Waals surface area contributed by atoms with Crippen LogP contribution in [0.5, 0.6) is 0 Å². The van der Waals surface area contributed by atoms with Crippen LogP contribution in [0.1, 0.15) is 11.7 Å². The van der Waals surface area contributed by atoms with Crippen molar-refractivity contribution in [2.75, 3.05) is 5.88 Å². The summed E-state index contributed by atoms with van der Waals surface area (Å²) >= 11 is 5.21. The summed E-state index contributed by atoms with van der Waals surface area (Å²) in [5, 5.41) is 18.6. The minimum Gasteiger partial charge on any atom is -0.389 e. The molecule has 0 saturated heterocycles. The molecule has 1 aromatic carbocycles. The lowest BCUT2D eigenvalue weighted by atomic mass is 10.1. The predicted molar refractivity (Wildman–Crippen MR) is 59.5 cm³/mol. The molecule has 0 fully saturated rings. The van der Waals surface area contributed by atoms with Gasteiger partial charge in [-0.05, 0) is 17.7 Å². The normalized spacial score (nSPS) is 19.8. The molecule has 0 radical (unpaired) electrons. The van der Waals surface area contributed by atoms with Crippen LogP contribution in [-0.4, -0.2) is 22.2 Å². The van der Waals surface area contributed by atoms with E-state index in [1.54, 1.807) is 0 Å². The number of aliphatic hydroxyl groups is 2. The van der Waals surface area contributed by atoms with Crippen molar-refractivity contribution in [3.8, 4) is 0 Å². The Morgan fingerprint density at radius 2 is 1.67 bits per heavy atom. The van der Waals surface area contributed by atoms with Crippen molar-refractivity contribution in [1.29, 1.82) is 0 Å². The summed E-state index contributed by atoms with van der Waals surface area (Å²) in [5.74, 6) is -0.443. The predicted octanol–water partition coefficient (Wildman–Crippen LogP) is 3.98. The highest BCUT2D eigenvalue weighted by atomic mass is 35.5. The van der Waals surface area contributed by atoms with Crippen LogP contribution in [0.4, 0.5) is 19.4 Å². The molecule has 2 N–H and O–H groups in total. The molecule has 2 unspecified atom stereocenters. The Morgan fingerprint density at radius 3 is 2.11 bits per heavy atom. The average Bonchev–Trinajstić information content (AvgIpc) is 2.24. The number of hydrogen-bond donors (Lipinski definition) is 2. The van der Waals surface area contributed by atoms with Crippen LogP contribution in [0.3, 0.4) is 0 Å². The van der Waals surface area contributed by atoms with Crippen molar-refractivity contribution >= 4 is 21.8 Å². The minimum atomic E-state index is -9.79. The maximum Gasteiger partial charge on any atom is 0.310 e. The average molecular weight is 313 g/mol. The number of hydrogen-bond acceptors (Lipinski definition) is 2. The van der Waals surface area contributed by atoms with E-state index in [9.17, 15) is 24.5 Å². The Bertz CT molecular complexity index is 449. The van der Waals surface area contributed by atoms with E-state index in [1.165, 1.54) is 0 Å². The Kier molecular flexibility index (Phi) is 3.41. The number of halogens is 6. The number of benzene rings is 1. The van der Waals surface area contributed by atoms with E-state index in [4.69, 9.17) is 16.7 Å². The van der Waals surface area contributed by atoms with Gasteiger partial charge in [0.2, 0.25) is 0 Å². The Morgan fingerprint density at radius 1 is 1.11 bits per heavy atom. The van der Waals surface area contributed by atoms with E-state index in [0.717, 1.165) is 12.1 Å². The molecule has 0 saturated carbocycles. The first-order chi connectivity index (χ1) is 7.85.